The number of carbonyl (C=O) groups is 1. The van der Waals surface area contributed by atoms with Crippen molar-refractivity contribution in [2.75, 3.05) is 18.8 Å². The molecule has 1 saturated heterocycles. The summed E-state index contributed by atoms with van der Waals surface area (Å²) in [4.78, 5) is 36.7. The highest BCUT2D eigenvalue weighted by atomic mass is 32.2. The van der Waals surface area contributed by atoms with Crippen LogP contribution in [0.1, 0.15) is 43.0 Å². The van der Waals surface area contributed by atoms with Crippen LogP contribution in [-0.4, -0.2) is 39.6 Å². The largest absolute Gasteiger partial charge is 0.341 e. The van der Waals surface area contributed by atoms with Crippen LogP contribution in [0, 0.1) is 11.8 Å². The average Bonchev–Trinajstić information content (AvgIpc) is 3.14. The number of fused-ring (bicyclic) bond motifs is 3. The van der Waals surface area contributed by atoms with Crippen LogP contribution in [-0.2, 0) is 23.4 Å². The summed E-state index contributed by atoms with van der Waals surface area (Å²) in [6, 6.07) is 0. The molecule has 1 fully saturated rings. The Hall–Kier alpha value is -1.34. The summed E-state index contributed by atoms with van der Waals surface area (Å²) in [7, 11) is 0. The monoisotopic (exact) mass is 391 g/mol. The molecule has 140 valence electrons. The lowest BCUT2D eigenvalue weighted by Gasteiger charge is -2.35. The Balaban J connectivity index is 1.39. The van der Waals surface area contributed by atoms with Crippen LogP contribution in [0.2, 0.25) is 0 Å². The summed E-state index contributed by atoms with van der Waals surface area (Å²) in [5, 5.41) is 0.795. The van der Waals surface area contributed by atoms with Crippen molar-refractivity contribution in [3.05, 3.63) is 26.6 Å². The van der Waals surface area contributed by atoms with E-state index in [0.717, 1.165) is 42.6 Å². The van der Waals surface area contributed by atoms with Gasteiger partial charge in [0, 0.05) is 18.0 Å². The number of likely N-dealkylation sites (tertiary alicyclic amines) is 1. The van der Waals surface area contributed by atoms with Crippen molar-refractivity contribution < 1.29 is 4.79 Å². The minimum atomic E-state index is -0.0185. The van der Waals surface area contributed by atoms with Crippen LogP contribution in [0.5, 0.6) is 0 Å². The smallest absolute Gasteiger partial charge is 0.259 e. The van der Waals surface area contributed by atoms with Gasteiger partial charge in [0.2, 0.25) is 5.91 Å². The minimum absolute atomic E-state index is 0.0185. The van der Waals surface area contributed by atoms with E-state index in [2.05, 4.69) is 23.8 Å². The molecule has 0 spiro atoms. The Bertz CT molecular complexity index is 879. The second kappa shape index (κ2) is 7.35. The maximum atomic E-state index is 12.5. The first-order valence-corrected chi connectivity index (χ1v) is 11.4. The van der Waals surface area contributed by atoms with E-state index in [0.29, 0.717) is 29.2 Å². The number of H-pyrrole nitrogens is 1. The molecule has 5 nitrogen and oxygen atoms in total. The molecule has 2 aliphatic rings. The topological polar surface area (TPSA) is 66.1 Å². The van der Waals surface area contributed by atoms with Crippen LogP contribution in [0.3, 0.4) is 0 Å². The van der Waals surface area contributed by atoms with Gasteiger partial charge in [-0.25, -0.2) is 4.98 Å². The molecule has 26 heavy (non-hydrogen) atoms. The highest BCUT2D eigenvalue weighted by Gasteiger charge is 2.25. The van der Waals surface area contributed by atoms with Gasteiger partial charge in [0.25, 0.3) is 5.56 Å². The molecule has 1 N–H and O–H groups in total. The van der Waals surface area contributed by atoms with Gasteiger partial charge in [-0.2, -0.15) is 0 Å². The number of carbonyl (C=O) groups excluding carboxylic acids is 1. The first-order valence-electron chi connectivity index (χ1n) is 9.40. The lowest BCUT2D eigenvalue weighted by Crippen LogP contribution is -2.43. The number of aromatic nitrogens is 2. The maximum absolute atomic E-state index is 12.5. The Labute approximate surface area is 161 Å². The van der Waals surface area contributed by atoms with E-state index >= 15 is 0 Å². The molecule has 0 saturated carbocycles. The molecule has 2 aromatic rings. The van der Waals surface area contributed by atoms with Gasteiger partial charge in [0.1, 0.15) is 10.7 Å². The third-order valence-electron chi connectivity index (χ3n) is 5.31. The molecule has 1 amide bonds. The number of nitrogens with zero attached hydrogens (tertiary/aromatic N) is 2. The van der Waals surface area contributed by atoms with E-state index < -0.39 is 0 Å². The van der Waals surface area contributed by atoms with Crippen molar-refractivity contribution in [1.82, 2.24) is 14.9 Å². The molecule has 0 radical (unpaired) electrons. The number of thioether (sulfide) groups is 1. The molecule has 1 aliphatic heterocycles. The van der Waals surface area contributed by atoms with Gasteiger partial charge in [-0.3, -0.25) is 9.59 Å². The van der Waals surface area contributed by atoms with Gasteiger partial charge < -0.3 is 9.88 Å². The fourth-order valence-electron chi connectivity index (χ4n) is 4.31. The van der Waals surface area contributed by atoms with Crippen LogP contribution < -0.4 is 5.56 Å². The summed E-state index contributed by atoms with van der Waals surface area (Å²) in [5.41, 5.74) is 1.19. The Morgan fingerprint density at radius 1 is 1.31 bits per heavy atom. The average molecular weight is 392 g/mol. The molecule has 2 aromatic heterocycles. The summed E-state index contributed by atoms with van der Waals surface area (Å²) in [6.45, 7) is 6.16. The molecular weight excluding hydrogens is 366 g/mol. The number of piperidine rings is 1. The van der Waals surface area contributed by atoms with Crippen LogP contribution >= 0.6 is 23.1 Å². The minimum Gasteiger partial charge on any atom is -0.341 e. The number of aryl methyl sites for hydroxylation is 2. The molecule has 1 aliphatic carbocycles. The number of nitrogens with one attached hydrogen (secondary N) is 1. The molecule has 2 unspecified atom stereocenters. The molecule has 0 bridgehead atoms. The van der Waals surface area contributed by atoms with Gasteiger partial charge in [-0.05, 0) is 43.1 Å². The lowest BCUT2D eigenvalue weighted by molar-refractivity contribution is -0.130. The summed E-state index contributed by atoms with van der Waals surface area (Å²) < 4.78 is 0. The van der Waals surface area contributed by atoms with E-state index in [9.17, 15) is 9.59 Å². The van der Waals surface area contributed by atoms with Gasteiger partial charge >= 0.3 is 0 Å². The Morgan fingerprint density at radius 3 is 2.85 bits per heavy atom. The van der Waals surface area contributed by atoms with Crippen molar-refractivity contribution in [2.45, 2.75) is 45.3 Å². The zero-order valence-electron chi connectivity index (χ0n) is 15.3. The van der Waals surface area contributed by atoms with Gasteiger partial charge in [-0.1, -0.05) is 13.8 Å². The summed E-state index contributed by atoms with van der Waals surface area (Å²) in [6.07, 6.45) is 4.41. The fraction of sp³-hybridized carbons (Fsp3) is 0.632. The predicted molar refractivity (Wildman–Crippen MR) is 108 cm³/mol. The van der Waals surface area contributed by atoms with Crippen molar-refractivity contribution in [3.63, 3.8) is 0 Å². The van der Waals surface area contributed by atoms with E-state index in [1.165, 1.54) is 28.6 Å². The highest BCUT2D eigenvalue weighted by Crippen LogP contribution is 2.34. The number of hydrogen-bond acceptors (Lipinski definition) is 5. The third-order valence-corrected chi connectivity index (χ3v) is 7.42. The third kappa shape index (κ3) is 3.56. The molecule has 7 heteroatoms. The lowest BCUT2D eigenvalue weighted by atomic mass is 9.92. The molecular formula is C19H25N3O2S2. The molecule has 2 atom stereocenters. The first-order chi connectivity index (χ1) is 12.5. The van der Waals surface area contributed by atoms with E-state index in [-0.39, 0.29) is 11.5 Å². The molecule has 4 rings (SSSR count). The quantitative estimate of drug-likeness (QED) is 0.869. The van der Waals surface area contributed by atoms with Crippen molar-refractivity contribution in [2.24, 2.45) is 11.8 Å². The van der Waals surface area contributed by atoms with Gasteiger partial charge in [0.15, 0.2) is 0 Å². The van der Waals surface area contributed by atoms with E-state index in [1.807, 2.05) is 4.90 Å². The number of thiophene rings is 1. The summed E-state index contributed by atoms with van der Waals surface area (Å²) >= 11 is 3.20. The zero-order chi connectivity index (χ0) is 18.3. The second-order valence-electron chi connectivity index (χ2n) is 7.79. The Morgan fingerprint density at radius 2 is 2.08 bits per heavy atom. The zero-order valence-corrected chi connectivity index (χ0v) is 17.0. The highest BCUT2D eigenvalue weighted by molar-refractivity contribution is 7.99. The first kappa shape index (κ1) is 18.0. The number of rotatable bonds is 4. The summed E-state index contributed by atoms with van der Waals surface area (Å²) in [5.74, 6) is 3.05. The van der Waals surface area contributed by atoms with Crippen molar-refractivity contribution >= 4 is 39.2 Å². The fourth-order valence-corrected chi connectivity index (χ4v) is 6.38. The SMILES string of the molecule is CC1CC(C)CN(C(=O)CSCc2nc3sc4c(c3c(=O)[nH]2)CCC4)C1. The Kier molecular flexibility index (Phi) is 5.10. The van der Waals surface area contributed by atoms with E-state index in [1.54, 1.807) is 11.3 Å². The van der Waals surface area contributed by atoms with Crippen LogP contribution in [0.15, 0.2) is 4.79 Å². The van der Waals surface area contributed by atoms with Crippen molar-refractivity contribution in [3.8, 4) is 0 Å². The van der Waals surface area contributed by atoms with Crippen LogP contribution in [0.25, 0.3) is 10.2 Å². The van der Waals surface area contributed by atoms with Gasteiger partial charge in [0.05, 0.1) is 16.9 Å². The second-order valence-corrected chi connectivity index (χ2v) is 9.86. The molecule has 0 aromatic carbocycles. The van der Waals surface area contributed by atoms with E-state index in [4.69, 9.17) is 0 Å². The van der Waals surface area contributed by atoms with Crippen LogP contribution in [0.4, 0.5) is 0 Å². The predicted octanol–water partition coefficient (Wildman–Crippen LogP) is 3.21. The van der Waals surface area contributed by atoms with Crippen molar-refractivity contribution in [1.29, 1.82) is 0 Å². The number of hydrogen-bond donors (Lipinski definition) is 1. The standard InChI is InChI=1S/C19H25N3O2S2/c1-11-6-12(2)8-22(7-11)16(23)10-25-9-15-20-18(24)17-13-4-3-5-14(13)26-19(17)21-15/h11-12H,3-10H2,1-2H3,(H,20,21,24). The van der Waals surface area contributed by atoms with Gasteiger partial charge in [-0.15, -0.1) is 23.1 Å². The normalized spacial score (nSPS) is 22.8. The number of aromatic amines is 1. The molecule has 3 heterocycles. The number of amides is 1. The maximum Gasteiger partial charge on any atom is 0.259 e.